The van der Waals surface area contributed by atoms with E-state index in [2.05, 4.69) is 22.3 Å². The fourth-order valence-electron chi connectivity index (χ4n) is 6.00. The molecule has 3 heterocycles. The van der Waals surface area contributed by atoms with Gasteiger partial charge in [-0.2, -0.15) is 17.5 Å². The summed E-state index contributed by atoms with van der Waals surface area (Å²) in [6.45, 7) is 3.82. The minimum atomic E-state index is -4.63. The number of halogens is 3. The summed E-state index contributed by atoms with van der Waals surface area (Å²) in [5.74, 6) is 0.610. The van der Waals surface area contributed by atoms with Crippen LogP contribution in [0.3, 0.4) is 0 Å². The molecule has 2 atom stereocenters. The van der Waals surface area contributed by atoms with E-state index in [4.69, 9.17) is 4.74 Å². The maximum Gasteiger partial charge on any atom is 0.416 e. The standard InChI is InChI=1S/C29H36F3N3O4S/c30-29(31,32)22-6-4-8-24(19-22)40(37,38)35-16-5-7-23(35)10-12-28(36)33-26-13-17-39-27-18-21(9-11-25(26)27)20-34-14-2-1-3-15-34/h4,6,8-9,11,18-19,23,26H,1-3,5,7,10,12-17,20H2,(H,33,36)/t23?,26-/m0/s1. The van der Waals surface area contributed by atoms with Crippen molar-refractivity contribution in [3.63, 3.8) is 0 Å². The summed E-state index contributed by atoms with van der Waals surface area (Å²) >= 11 is 0. The number of likely N-dealkylation sites (tertiary alicyclic amines) is 1. The van der Waals surface area contributed by atoms with Gasteiger partial charge in [0.15, 0.2) is 0 Å². The number of hydrogen-bond donors (Lipinski definition) is 1. The number of carbonyl (C=O) groups excluding carboxylic acids is 1. The number of ether oxygens (including phenoxy) is 1. The predicted molar refractivity (Wildman–Crippen MR) is 144 cm³/mol. The molecule has 2 fully saturated rings. The molecule has 0 bridgehead atoms. The highest BCUT2D eigenvalue weighted by molar-refractivity contribution is 7.89. The Labute approximate surface area is 233 Å². The van der Waals surface area contributed by atoms with Gasteiger partial charge in [-0.3, -0.25) is 9.69 Å². The lowest BCUT2D eigenvalue weighted by Gasteiger charge is -2.29. The van der Waals surface area contributed by atoms with Crippen LogP contribution in [0.15, 0.2) is 47.4 Å². The first-order chi connectivity index (χ1) is 19.1. The second kappa shape index (κ2) is 12.1. The van der Waals surface area contributed by atoms with Gasteiger partial charge in [0, 0.05) is 37.5 Å². The van der Waals surface area contributed by atoms with Gasteiger partial charge in [0.1, 0.15) is 5.75 Å². The van der Waals surface area contributed by atoms with Gasteiger partial charge in [-0.15, -0.1) is 0 Å². The molecule has 2 aromatic carbocycles. The third-order valence-corrected chi connectivity index (χ3v) is 10.1. The number of nitrogens with one attached hydrogen (secondary N) is 1. The van der Waals surface area contributed by atoms with E-state index in [0.717, 1.165) is 43.1 Å². The van der Waals surface area contributed by atoms with Crippen molar-refractivity contribution in [3.05, 3.63) is 59.2 Å². The highest BCUT2D eigenvalue weighted by Crippen LogP contribution is 2.35. The molecule has 3 aliphatic rings. The Morgan fingerprint density at radius 1 is 1.00 bits per heavy atom. The quantitative estimate of drug-likeness (QED) is 0.462. The number of hydrogen-bond acceptors (Lipinski definition) is 5. The lowest BCUT2D eigenvalue weighted by molar-refractivity contribution is -0.137. The van der Waals surface area contributed by atoms with Crippen LogP contribution in [0.2, 0.25) is 0 Å². The van der Waals surface area contributed by atoms with E-state index in [9.17, 15) is 26.4 Å². The van der Waals surface area contributed by atoms with Gasteiger partial charge in [-0.1, -0.05) is 24.6 Å². The number of alkyl halides is 3. The van der Waals surface area contributed by atoms with Gasteiger partial charge >= 0.3 is 6.18 Å². The topological polar surface area (TPSA) is 79.0 Å². The Bertz CT molecular complexity index is 1310. The van der Waals surface area contributed by atoms with Gasteiger partial charge in [-0.25, -0.2) is 8.42 Å². The lowest BCUT2D eigenvalue weighted by Crippen LogP contribution is -2.37. The Kier molecular flexibility index (Phi) is 8.72. The third-order valence-electron chi connectivity index (χ3n) is 8.10. The van der Waals surface area contributed by atoms with Crippen LogP contribution in [0.25, 0.3) is 0 Å². The molecule has 0 radical (unpaired) electrons. The van der Waals surface area contributed by atoms with Crippen molar-refractivity contribution >= 4 is 15.9 Å². The van der Waals surface area contributed by atoms with Crippen molar-refractivity contribution < 1.29 is 31.1 Å². The van der Waals surface area contributed by atoms with E-state index in [-0.39, 0.29) is 29.8 Å². The zero-order valence-corrected chi connectivity index (χ0v) is 23.3. The van der Waals surface area contributed by atoms with Crippen molar-refractivity contribution in [1.82, 2.24) is 14.5 Å². The van der Waals surface area contributed by atoms with Crippen LogP contribution in [0.1, 0.15) is 74.1 Å². The molecule has 0 aromatic heterocycles. The average Bonchev–Trinajstić information content (AvgIpc) is 3.42. The molecule has 3 aliphatic heterocycles. The summed E-state index contributed by atoms with van der Waals surface area (Å²) in [5, 5.41) is 3.09. The second-order valence-corrected chi connectivity index (χ2v) is 12.8. The fourth-order valence-corrected chi connectivity index (χ4v) is 7.77. The molecule has 1 amide bonds. The SMILES string of the molecule is O=C(CCC1CCCN1S(=O)(=O)c1cccc(C(F)(F)F)c1)N[C@H]1CCOc2cc(CN3CCCCC3)ccc21. The van der Waals surface area contributed by atoms with Crippen LogP contribution in [0, 0.1) is 0 Å². The molecule has 2 aromatic rings. The van der Waals surface area contributed by atoms with E-state index in [1.165, 1.54) is 35.2 Å². The summed E-state index contributed by atoms with van der Waals surface area (Å²) in [6, 6.07) is 9.39. The molecule has 1 unspecified atom stereocenters. The molecule has 40 heavy (non-hydrogen) atoms. The Balaban J connectivity index is 1.19. The summed E-state index contributed by atoms with van der Waals surface area (Å²) in [4.78, 5) is 15.0. The van der Waals surface area contributed by atoms with E-state index in [1.54, 1.807) is 0 Å². The van der Waals surface area contributed by atoms with Gasteiger partial charge in [-0.05, 0) is 75.0 Å². The van der Waals surface area contributed by atoms with Crippen LogP contribution in [0.4, 0.5) is 13.2 Å². The first-order valence-electron chi connectivity index (χ1n) is 14.1. The zero-order chi connectivity index (χ0) is 28.3. The van der Waals surface area contributed by atoms with Crippen LogP contribution >= 0.6 is 0 Å². The predicted octanol–water partition coefficient (Wildman–Crippen LogP) is 5.26. The molecule has 1 N–H and O–H groups in total. The minimum Gasteiger partial charge on any atom is -0.493 e. The van der Waals surface area contributed by atoms with Crippen LogP contribution < -0.4 is 10.1 Å². The number of sulfonamides is 1. The Hall–Kier alpha value is -2.63. The van der Waals surface area contributed by atoms with E-state index in [0.29, 0.717) is 38.4 Å². The molecule has 0 aliphatic carbocycles. The second-order valence-electron chi connectivity index (χ2n) is 10.9. The average molecular weight is 580 g/mol. The number of nitrogens with zero attached hydrogens (tertiary/aromatic N) is 2. The maximum absolute atomic E-state index is 13.2. The number of piperidine rings is 1. The number of rotatable bonds is 8. The van der Waals surface area contributed by atoms with Crippen molar-refractivity contribution in [2.24, 2.45) is 0 Å². The minimum absolute atomic E-state index is 0.124. The van der Waals surface area contributed by atoms with E-state index >= 15 is 0 Å². The van der Waals surface area contributed by atoms with Crippen molar-refractivity contribution in [3.8, 4) is 5.75 Å². The zero-order valence-electron chi connectivity index (χ0n) is 22.5. The summed E-state index contributed by atoms with van der Waals surface area (Å²) in [5.41, 5.74) is 1.13. The van der Waals surface area contributed by atoms with Gasteiger partial charge < -0.3 is 10.1 Å². The van der Waals surface area contributed by atoms with Crippen LogP contribution in [-0.4, -0.2) is 55.8 Å². The summed E-state index contributed by atoms with van der Waals surface area (Å²) in [7, 11) is -4.12. The molecule has 7 nitrogen and oxygen atoms in total. The molecule has 0 spiro atoms. The normalized spacial score (nSPS) is 22.5. The smallest absolute Gasteiger partial charge is 0.416 e. The number of fused-ring (bicyclic) bond motifs is 1. The molecular formula is C29H36F3N3O4S. The third kappa shape index (κ3) is 6.63. The first-order valence-corrected chi connectivity index (χ1v) is 15.5. The van der Waals surface area contributed by atoms with Crippen LogP contribution in [0.5, 0.6) is 5.75 Å². The van der Waals surface area contributed by atoms with Gasteiger partial charge in [0.25, 0.3) is 0 Å². The molecule has 11 heteroatoms. The monoisotopic (exact) mass is 579 g/mol. The first kappa shape index (κ1) is 28.9. The molecule has 5 rings (SSSR count). The fraction of sp³-hybridized carbons (Fsp3) is 0.552. The Morgan fingerprint density at radius 2 is 1.80 bits per heavy atom. The van der Waals surface area contributed by atoms with Crippen molar-refractivity contribution in [2.75, 3.05) is 26.2 Å². The Morgan fingerprint density at radius 3 is 2.58 bits per heavy atom. The van der Waals surface area contributed by atoms with Crippen molar-refractivity contribution in [1.29, 1.82) is 0 Å². The molecule has 218 valence electrons. The summed E-state index contributed by atoms with van der Waals surface area (Å²) < 4.78 is 73.1. The molecule has 0 saturated carbocycles. The number of amides is 1. The van der Waals surface area contributed by atoms with Crippen LogP contribution in [-0.2, 0) is 27.5 Å². The van der Waals surface area contributed by atoms with E-state index in [1.807, 2.05) is 6.07 Å². The number of benzene rings is 2. The van der Waals surface area contributed by atoms with E-state index < -0.39 is 27.8 Å². The van der Waals surface area contributed by atoms with Crippen molar-refractivity contribution in [2.45, 2.75) is 81.1 Å². The molecule has 2 saturated heterocycles. The highest BCUT2D eigenvalue weighted by atomic mass is 32.2. The molecular weight excluding hydrogens is 543 g/mol. The number of carbonyl (C=O) groups is 1. The highest BCUT2D eigenvalue weighted by Gasteiger charge is 2.37. The maximum atomic E-state index is 13.2. The largest absolute Gasteiger partial charge is 0.493 e. The van der Waals surface area contributed by atoms with Gasteiger partial charge in [0.2, 0.25) is 15.9 Å². The summed E-state index contributed by atoms with van der Waals surface area (Å²) in [6.07, 6.45) is 1.33. The lowest BCUT2D eigenvalue weighted by atomic mass is 9.98. The van der Waals surface area contributed by atoms with Gasteiger partial charge in [0.05, 0.1) is 23.1 Å².